The Morgan fingerprint density at radius 3 is 2.72 bits per heavy atom. The molecule has 0 aliphatic rings. The number of halogens is 3. The third-order valence-corrected chi connectivity index (χ3v) is 5.07. The standard InChI is InChI=1S/C19H21F3N6O3S/c1-3-28-17(30)13(10-25-15-6-4-5-14(27-15)24-7-8-31-2)32-18(28)12(9-23)16(29)26-11-19(20,21)22/h4-6,10H,3,7-8,11H2,1-2H3,(H,26,29)(H2,24,25,27). The molecule has 2 rings (SSSR count). The number of hydrogen-bond acceptors (Lipinski definition) is 8. The van der Waals surface area contributed by atoms with Gasteiger partial charge in [-0.2, -0.15) is 18.4 Å². The number of carbonyl (C=O) groups is 1. The number of amides is 1. The summed E-state index contributed by atoms with van der Waals surface area (Å²) in [5, 5.41) is 16.9. The van der Waals surface area contributed by atoms with Gasteiger partial charge in [0.25, 0.3) is 11.5 Å². The van der Waals surface area contributed by atoms with E-state index in [1.165, 1.54) is 6.20 Å². The third kappa shape index (κ3) is 6.82. The van der Waals surface area contributed by atoms with Gasteiger partial charge in [0.05, 0.1) is 6.61 Å². The fourth-order valence-corrected chi connectivity index (χ4v) is 3.58. The Kier molecular flexibility index (Phi) is 8.80. The van der Waals surface area contributed by atoms with Gasteiger partial charge in [-0.25, -0.2) is 4.98 Å². The summed E-state index contributed by atoms with van der Waals surface area (Å²) in [7, 11) is 1.58. The van der Waals surface area contributed by atoms with Crippen molar-refractivity contribution >= 4 is 40.7 Å². The van der Waals surface area contributed by atoms with Crippen molar-refractivity contribution in [3.63, 3.8) is 0 Å². The highest BCUT2D eigenvalue weighted by atomic mass is 32.1. The van der Waals surface area contributed by atoms with Crippen molar-refractivity contribution in [2.24, 2.45) is 0 Å². The van der Waals surface area contributed by atoms with Crippen LogP contribution in [0.3, 0.4) is 0 Å². The van der Waals surface area contributed by atoms with E-state index >= 15 is 0 Å². The van der Waals surface area contributed by atoms with Crippen LogP contribution in [0.4, 0.5) is 24.8 Å². The highest BCUT2D eigenvalue weighted by Gasteiger charge is 2.28. The van der Waals surface area contributed by atoms with Crippen LogP contribution >= 0.6 is 11.3 Å². The van der Waals surface area contributed by atoms with E-state index in [0.29, 0.717) is 24.8 Å². The van der Waals surface area contributed by atoms with Gasteiger partial charge in [0.2, 0.25) is 0 Å². The molecule has 9 nitrogen and oxygen atoms in total. The number of hydrogen-bond donors (Lipinski definition) is 3. The molecule has 0 atom stereocenters. The van der Waals surface area contributed by atoms with E-state index < -0.39 is 29.8 Å². The van der Waals surface area contributed by atoms with Crippen molar-refractivity contribution in [2.75, 3.05) is 37.4 Å². The number of nitriles is 1. The first-order chi connectivity index (χ1) is 15.2. The first kappa shape index (κ1) is 24.9. The van der Waals surface area contributed by atoms with Gasteiger partial charge in [0.15, 0.2) is 5.57 Å². The number of ether oxygens (including phenoxy) is 1. The summed E-state index contributed by atoms with van der Waals surface area (Å²) < 4.78 is 43.4. The Hall–Kier alpha value is -3.37. The van der Waals surface area contributed by atoms with E-state index in [0.717, 1.165) is 15.9 Å². The van der Waals surface area contributed by atoms with E-state index in [9.17, 15) is 28.0 Å². The predicted molar refractivity (Wildman–Crippen MR) is 114 cm³/mol. The van der Waals surface area contributed by atoms with E-state index in [-0.39, 0.29) is 15.7 Å². The summed E-state index contributed by atoms with van der Waals surface area (Å²) in [6.07, 6.45) is -3.26. The van der Waals surface area contributed by atoms with E-state index in [1.54, 1.807) is 43.6 Å². The fourth-order valence-electron chi connectivity index (χ4n) is 2.49. The monoisotopic (exact) mass is 470 g/mol. The first-order valence-corrected chi connectivity index (χ1v) is 10.2. The van der Waals surface area contributed by atoms with Crippen LogP contribution in [-0.4, -0.2) is 48.4 Å². The molecule has 2 heterocycles. The van der Waals surface area contributed by atoms with Crippen LogP contribution in [0.15, 0.2) is 23.0 Å². The highest BCUT2D eigenvalue weighted by Crippen LogP contribution is 2.12. The number of carbonyl (C=O) groups excluding carboxylic acids is 1. The molecule has 0 saturated heterocycles. The van der Waals surface area contributed by atoms with Crippen molar-refractivity contribution in [3.8, 4) is 6.07 Å². The van der Waals surface area contributed by atoms with Crippen LogP contribution < -0.4 is 30.7 Å². The molecule has 0 aliphatic carbocycles. The number of rotatable bonds is 9. The molecule has 0 aliphatic heterocycles. The Bertz CT molecular complexity index is 1170. The predicted octanol–water partition coefficient (Wildman–Crippen LogP) is 0.586. The van der Waals surface area contributed by atoms with Gasteiger partial charge in [-0.15, -0.1) is 11.3 Å². The number of aromatic nitrogens is 2. The van der Waals surface area contributed by atoms with Gasteiger partial charge in [-0.05, 0) is 19.1 Å². The molecule has 0 aromatic carbocycles. The first-order valence-electron chi connectivity index (χ1n) is 9.35. The third-order valence-electron chi connectivity index (χ3n) is 3.94. The normalized spacial score (nSPS) is 12.8. The maximum absolute atomic E-state index is 12.7. The molecule has 0 saturated carbocycles. The van der Waals surface area contributed by atoms with Crippen LogP contribution in [0, 0.1) is 11.3 Å². The highest BCUT2D eigenvalue weighted by molar-refractivity contribution is 7.07. The molecule has 0 radical (unpaired) electrons. The molecule has 2 aromatic rings. The minimum atomic E-state index is -4.63. The van der Waals surface area contributed by atoms with Crippen LogP contribution in [0.25, 0.3) is 11.8 Å². The van der Waals surface area contributed by atoms with Gasteiger partial charge in [0, 0.05) is 26.4 Å². The van der Waals surface area contributed by atoms with Crippen LogP contribution in [0.1, 0.15) is 6.92 Å². The second kappa shape index (κ2) is 11.3. The number of pyridine rings is 1. The molecule has 0 unspecified atom stereocenters. The fraction of sp³-hybridized carbons (Fsp3) is 0.368. The summed E-state index contributed by atoms with van der Waals surface area (Å²) in [5.41, 5.74) is -1.06. The largest absolute Gasteiger partial charge is 0.405 e. The molecule has 172 valence electrons. The zero-order chi connectivity index (χ0) is 23.7. The van der Waals surface area contributed by atoms with Crippen LogP contribution in [0.2, 0.25) is 0 Å². The molecule has 2 aromatic heterocycles. The number of nitrogens with zero attached hydrogens (tertiary/aromatic N) is 3. The molecule has 1 amide bonds. The van der Waals surface area contributed by atoms with E-state index in [1.807, 2.05) is 0 Å². The Labute approximate surface area is 184 Å². The smallest absolute Gasteiger partial charge is 0.383 e. The van der Waals surface area contributed by atoms with Gasteiger partial charge >= 0.3 is 6.18 Å². The molecule has 0 spiro atoms. The number of thiazole rings is 1. The minimum Gasteiger partial charge on any atom is -0.383 e. The summed E-state index contributed by atoms with van der Waals surface area (Å²) in [6, 6.07) is 6.76. The average Bonchev–Trinajstić information content (AvgIpc) is 3.06. The van der Waals surface area contributed by atoms with Crippen LogP contribution in [0.5, 0.6) is 0 Å². The molecular weight excluding hydrogens is 449 g/mol. The lowest BCUT2D eigenvalue weighted by Crippen LogP contribution is -2.37. The number of anilines is 2. The van der Waals surface area contributed by atoms with Crippen molar-refractivity contribution in [2.45, 2.75) is 19.6 Å². The minimum absolute atomic E-state index is 0.0318. The lowest BCUT2D eigenvalue weighted by atomic mass is 10.3. The Morgan fingerprint density at radius 2 is 2.09 bits per heavy atom. The van der Waals surface area contributed by atoms with Gasteiger partial charge in [0.1, 0.15) is 33.4 Å². The van der Waals surface area contributed by atoms with Crippen molar-refractivity contribution in [1.29, 1.82) is 5.26 Å². The topological polar surface area (TPSA) is 121 Å². The number of methoxy groups -OCH3 is 1. The summed E-state index contributed by atoms with van der Waals surface area (Å²) in [5.74, 6) is -0.193. The zero-order valence-corrected chi connectivity index (χ0v) is 18.1. The van der Waals surface area contributed by atoms with E-state index in [2.05, 4.69) is 15.6 Å². The number of alkyl halides is 3. The van der Waals surface area contributed by atoms with E-state index in [4.69, 9.17) is 4.74 Å². The zero-order valence-electron chi connectivity index (χ0n) is 17.2. The summed E-state index contributed by atoms with van der Waals surface area (Å²) in [4.78, 5) is 29.1. The van der Waals surface area contributed by atoms with Gasteiger partial charge in [-0.1, -0.05) is 6.07 Å². The van der Waals surface area contributed by atoms with Crippen LogP contribution in [-0.2, 0) is 16.1 Å². The molecule has 32 heavy (non-hydrogen) atoms. The summed E-state index contributed by atoms with van der Waals surface area (Å²) in [6.45, 7) is 1.20. The van der Waals surface area contributed by atoms with Crippen molar-refractivity contribution in [1.82, 2.24) is 14.9 Å². The maximum atomic E-state index is 12.7. The van der Waals surface area contributed by atoms with Gasteiger partial charge in [-0.3, -0.25) is 14.2 Å². The second-order valence-corrected chi connectivity index (χ2v) is 7.25. The molecule has 0 bridgehead atoms. The van der Waals surface area contributed by atoms with Crippen molar-refractivity contribution in [3.05, 3.63) is 37.7 Å². The lowest BCUT2D eigenvalue weighted by molar-refractivity contribution is -0.135. The SMILES string of the molecule is CCn1c(=C(C#N)C(=O)NCC(F)(F)F)sc(=CNc2cccc(NCCOC)n2)c1=O. The molecular formula is C19H21F3N6O3S. The Morgan fingerprint density at radius 1 is 1.38 bits per heavy atom. The molecule has 13 heteroatoms. The maximum Gasteiger partial charge on any atom is 0.405 e. The quantitative estimate of drug-likeness (QED) is 0.459. The Balaban J connectivity index is 2.37. The lowest BCUT2D eigenvalue weighted by Gasteiger charge is -2.07. The average molecular weight is 470 g/mol. The van der Waals surface area contributed by atoms with Gasteiger partial charge < -0.3 is 20.7 Å². The molecule has 3 N–H and O–H groups in total. The number of nitrogens with one attached hydrogen (secondary N) is 3. The van der Waals surface area contributed by atoms with Crippen molar-refractivity contribution < 1.29 is 22.7 Å². The molecule has 0 fully saturated rings. The second-order valence-electron chi connectivity index (χ2n) is 6.22. The summed E-state index contributed by atoms with van der Waals surface area (Å²) >= 11 is 0.816.